The molecule has 0 saturated carbocycles. The number of nitrogens with zero attached hydrogens (tertiary/aromatic N) is 5. The average Bonchev–Trinajstić information content (AvgIpc) is 3.29. The highest BCUT2D eigenvalue weighted by molar-refractivity contribution is 5.79. The van der Waals surface area contributed by atoms with Crippen molar-refractivity contribution in [1.82, 2.24) is 24.0 Å². The normalized spacial score (nSPS) is 14.0. The van der Waals surface area contributed by atoms with Crippen molar-refractivity contribution in [3.63, 3.8) is 0 Å². The van der Waals surface area contributed by atoms with Crippen LogP contribution in [0.3, 0.4) is 0 Å². The molecule has 1 N–H and O–H groups in total. The second kappa shape index (κ2) is 9.18. The molecule has 5 rings (SSSR count). The Kier molecular flexibility index (Phi) is 5.93. The second-order valence-corrected chi connectivity index (χ2v) is 8.36. The molecule has 9 nitrogen and oxygen atoms in total. The zero-order valence-electron chi connectivity index (χ0n) is 19.4. The molecule has 1 saturated heterocycles. The van der Waals surface area contributed by atoms with Gasteiger partial charge in [-0.3, -0.25) is 18.5 Å². The van der Waals surface area contributed by atoms with Gasteiger partial charge in [0.25, 0.3) is 5.56 Å². The molecule has 3 heterocycles. The molecule has 1 aliphatic heterocycles. The van der Waals surface area contributed by atoms with Crippen molar-refractivity contribution >= 4 is 17.1 Å². The van der Waals surface area contributed by atoms with E-state index in [1.165, 1.54) is 9.13 Å². The lowest BCUT2D eigenvalue weighted by Crippen LogP contribution is -2.44. The van der Waals surface area contributed by atoms with Gasteiger partial charge in [-0.1, -0.05) is 42.5 Å². The second-order valence-electron chi connectivity index (χ2n) is 8.36. The molecule has 0 spiro atoms. The van der Waals surface area contributed by atoms with Crippen LogP contribution < -0.4 is 26.2 Å². The van der Waals surface area contributed by atoms with Gasteiger partial charge >= 0.3 is 5.69 Å². The summed E-state index contributed by atoms with van der Waals surface area (Å²) in [6, 6.07) is 17.4. The summed E-state index contributed by atoms with van der Waals surface area (Å²) in [7, 11) is 3.28. The first kappa shape index (κ1) is 22.0. The summed E-state index contributed by atoms with van der Waals surface area (Å²) in [6.45, 7) is 3.40. The molecule has 2 aromatic heterocycles. The third kappa shape index (κ3) is 3.77. The number of hydrogen-bond donors (Lipinski definition) is 1. The Morgan fingerprint density at radius 2 is 1.71 bits per heavy atom. The molecule has 1 aliphatic rings. The topological polar surface area (TPSA) is 86.3 Å². The van der Waals surface area contributed by atoms with Crippen LogP contribution in [0.2, 0.25) is 0 Å². The molecule has 0 bridgehead atoms. The van der Waals surface area contributed by atoms with E-state index < -0.39 is 0 Å². The van der Waals surface area contributed by atoms with Crippen LogP contribution in [0.25, 0.3) is 16.9 Å². The number of rotatable bonds is 6. The van der Waals surface area contributed by atoms with Crippen LogP contribution in [-0.4, -0.2) is 52.0 Å². The molecule has 1 fully saturated rings. The summed E-state index contributed by atoms with van der Waals surface area (Å²) in [5.74, 6) is 1.26. The Morgan fingerprint density at radius 1 is 1.00 bits per heavy atom. The van der Waals surface area contributed by atoms with Crippen molar-refractivity contribution in [3.05, 3.63) is 81.0 Å². The quantitative estimate of drug-likeness (QED) is 0.470. The molecular weight excluding hydrogens is 432 g/mol. The molecule has 9 heteroatoms. The maximum absolute atomic E-state index is 13.8. The number of methoxy groups -OCH3 is 1. The minimum Gasteiger partial charge on any atom is -0.495 e. The summed E-state index contributed by atoms with van der Waals surface area (Å²) in [4.78, 5) is 34.0. The van der Waals surface area contributed by atoms with E-state index in [0.29, 0.717) is 35.0 Å². The van der Waals surface area contributed by atoms with Crippen LogP contribution in [0.15, 0.2) is 64.2 Å². The Hall–Kier alpha value is -3.85. The molecule has 0 aliphatic carbocycles. The van der Waals surface area contributed by atoms with E-state index in [-0.39, 0.29) is 17.8 Å². The van der Waals surface area contributed by atoms with Crippen LogP contribution in [-0.2, 0) is 20.0 Å². The van der Waals surface area contributed by atoms with E-state index >= 15 is 0 Å². The van der Waals surface area contributed by atoms with Crippen molar-refractivity contribution in [1.29, 1.82) is 0 Å². The summed E-state index contributed by atoms with van der Waals surface area (Å²) in [6.07, 6.45) is 0.578. The third-order valence-corrected chi connectivity index (χ3v) is 6.32. The first-order chi connectivity index (χ1) is 16.6. The monoisotopic (exact) mass is 460 g/mol. The number of hydrogen-bond acceptors (Lipinski definition) is 6. The number of imidazole rings is 1. The maximum Gasteiger partial charge on any atom is 0.332 e. The van der Waals surface area contributed by atoms with Gasteiger partial charge in [-0.2, -0.15) is 4.98 Å². The highest BCUT2D eigenvalue weighted by atomic mass is 16.5. The zero-order chi connectivity index (χ0) is 23.7. The standard InChI is InChI=1S/C25H28N6O3/c1-28-22-21(23(32)30(25(28)33)15-12-18-8-4-3-5-9-18)31(19-10-6-7-11-20(19)34-2)24(27-22)29-16-13-26-14-17-29/h3-11,26H,12-17H2,1-2H3. The molecule has 0 unspecified atom stereocenters. The molecular formula is C25H28N6O3. The lowest BCUT2D eigenvalue weighted by atomic mass is 10.1. The smallest absolute Gasteiger partial charge is 0.332 e. The van der Waals surface area contributed by atoms with E-state index in [9.17, 15) is 9.59 Å². The van der Waals surface area contributed by atoms with Crippen LogP contribution >= 0.6 is 0 Å². The number of nitrogens with one attached hydrogen (secondary N) is 1. The van der Waals surface area contributed by atoms with E-state index in [1.807, 2.05) is 59.2 Å². The highest BCUT2D eigenvalue weighted by Gasteiger charge is 2.26. The van der Waals surface area contributed by atoms with E-state index in [2.05, 4.69) is 10.2 Å². The maximum atomic E-state index is 13.8. The summed E-state index contributed by atoms with van der Waals surface area (Å²) < 4.78 is 10.3. The predicted octanol–water partition coefficient (Wildman–Crippen LogP) is 1.55. The van der Waals surface area contributed by atoms with Crippen LogP contribution in [0.5, 0.6) is 5.75 Å². The molecule has 4 aromatic rings. The van der Waals surface area contributed by atoms with Crippen molar-refractivity contribution in [2.24, 2.45) is 7.05 Å². The van der Waals surface area contributed by atoms with E-state index in [4.69, 9.17) is 9.72 Å². The minimum atomic E-state index is -0.370. The van der Waals surface area contributed by atoms with Gasteiger partial charge in [0.1, 0.15) is 5.75 Å². The summed E-state index contributed by atoms with van der Waals surface area (Å²) in [5.41, 5.74) is 1.79. The molecule has 0 radical (unpaired) electrons. The number of para-hydroxylation sites is 2. The van der Waals surface area contributed by atoms with Crippen LogP contribution in [0.4, 0.5) is 5.95 Å². The number of fused-ring (bicyclic) bond motifs is 1. The first-order valence-corrected chi connectivity index (χ1v) is 11.5. The Bertz CT molecular complexity index is 1430. The fourth-order valence-corrected chi connectivity index (χ4v) is 4.51. The van der Waals surface area contributed by atoms with Crippen molar-refractivity contribution < 1.29 is 4.74 Å². The van der Waals surface area contributed by atoms with E-state index in [0.717, 1.165) is 31.7 Å². The Balaban J connectivity index is 1.75. The summed E-state index contributed by atoms with van der Waals surface area (Å²) >= 11 is 0. The number of ether oxygens (including phenoxy) is 1. The van der Waals surface area contributed by atoms with Crippen molar-refractivity contribution in [2.45, 2.75) is 13.0 Å². The fraction of sp³-hybridized carbons (Fsp3) is 0.320. The van der Waals surface area contributed by atoms with Gasteiger partial charge in [0.15, 0.2) is 11.2 Å². The number of aryl methyl sites for hydroxylation is 2. The molecule has 2 aromatic carbocycles. The fourth-order valence-electron chi connectivity index (χ4n) is 4.51. The van der Waals surface area contributed by atoms with Gasteiger partial charge in [0.2, 0.25) is 5.95 Å². The minimum absolute atomic E-state index is 0.283. The van der Waals surface area contributed by atoms with Gasteiger partial charge in [0.05, 0.1) is 12.8 Å². The molecule has 34 heavy (non-hydrogen) atoms. The number of benzene rings is 2. The van der Waals surface area contributed by atoms with Gasteiger partial charge in [-0.25, -0.2) is 4.79 Å². The highest BCUT2D eigenvalue weighted by Crippen LogP contribution is 2.30. The van der Waals surface area contributed by atoms with Crippen molar-refractivity contribution in [3.8, 4) is 11.4 Å². The third-order valence-electron chi connectivity index (χ3n) is 6.32. The van der Waals surface area contributed by atoms with Gasteiger partial charge in [-0.15, -0.1) is 0 Å². The van der Waals surface area contributed by atoms with Crippen LogP contribution in [0.1, 0.15) is 5.56 Å². The lowest BCUT2D eigenvalue weighted by Gasteiger charge is -2.29. The number of anilines is 1. The average molecular weight is 461 g/mol. The lowest BCUT2D eigenvalue weighted by molar-refractivity contribution is 0.413. The SMILES string of the molecule is COc1ccccc1-n1c(N2CCNCC2)nc2c1c(=O)n(CCc1ccccc1)c(=O)n2C. The van der Waals surface area contributed by atoms with Gasteiger partial charge in [-0.05, 0) is 24.1 Å². The first-order valence-electron chi connectivity index (χ1n) is 11.5. The largest absolute Gasteiger partial charge is 0.495 e. The Labute approximate surface area is 196 Å². The number of aromatic nitrogens is 4. The van der Waals surface area contributed by atoms with Crippen LogP contribution in [0, 0.1) is 0 Å². The molecule has 0 amide bonds. The zero-order valence-corrected chi connectivity index (χ0v) is 19.4. The Morgan fingerprint density at radius 3 is 2.44 bits per heavy atom. The predicted molar refractivity (Wildman–Crippen MR) is 132 cm³/mol. The van der Waals surface area contributed by atoms with E-state index in [1.54, 1.807) is 14.2 Å². The van der Waals surface area contributed by atoms with Gasteiger partial charge < -0.3 is 15.0 Å². The van der Waals surface area contributed by atoms with Crippen molar-refractivity contribution in [2.75, 3.05) is 38.2 Å². The summed E-state index contributed by atoms with van der Waals surface area (Å²) in [5, 5.41) is 3.35. The van der Waals surface area contributed by atoms with Gasteiger partial charge in [0, 0.05) is 39.8 Å². The molecule has 176 valence electrons. The number of piperazine rings is 1. The molecule has 0 atom stereocenters.